The molecule has 21 heavy (non-hydrogen) atoms. The van der Waals surface area contributed by atoms with Crippen LogP contribution in [-0.2, 0) is 11.3 Å². The lowest BCUT2D eigenvalue weighted by atomic mass is 10.2. The van der Waals surface area contributed by atoms with E-state index >= 15 is 0 Å². The normalized spacial score (nSPS) is 12.4. The van der Waals surface area contributed by atoms with E-state index in [1.165, 1.54) is 35.8 Å². The number of hydrogen-bond acceptors (Lipinski definition) is 5. The largest absolute Gasteiger partial charge is 0.325 e. The van der Waals surface area contributed by atoms with Crippen molar-refractivity contribution in [3.8, 4) is 0 Å². The van der Waals surface area contributed by atoms with Gasteiger partial charge < -0.3 is 5.32 Å². The minimum atomic E-state index is -0.327. The molecule has 0 aliphatic rings. The first-order valence-electron chi connectivity index (χ1n) is 6.52. The number of benzene rings is 1. The van der Waals surface area contributed by atoms with Crippen LogP contribution in [0.4, 0.5) is 10.1 Å². The highest BCUT2D eigenvalue weighted by Crippen LogP contribution is 2.14. The van der Waals surface area contributed by atoms with E-state index in [4.69, 9.17) is 0 Å². The molecule has 0 spiro atoms. The molecule has 1 aromatic heterocycles. The van der Waals surface area contributed by atoms with Crippen molar-refractivity contribution >= 4 is 23.1 Å². The molecule has 0 fully saturated rings. The number of halogens is 1. The Hall–Kier alpha value is -1.86. The third-order valence-electron chi connectivity index (χ3n) is 3.29. The van der Waals surface area contributed by atoms with E-state index in [0.717, 1.165) is 10.6 Å². The number of nitrogens with one attached hydrogen (secondary N) is 1. The molecule has 1 amide bonds. The van der Waals surface area contributed by atoms with Gasteiger partial charge in [-0.15, -0.1) is 5.10 Å². The second-order valence-corrected chi connectivity index (χ2v) is 5.71. The molecular weight excluding hydrogens is 291 g/mol. The molecular formula is C14H17FN4OS. The zero-order valence-electron chi connectivity index (χ0n) is 12.1. The van der Waals surface area contributed by atoms with Crippen molar-refractivity contribution in [2.24, 2.45) is 0 Å². The van der Waals surface area contributed by atoms with Gasteiger partial charge >= 0.3 is 0 Å². The molecule has 1 N–H and O–H groups in total. The van der Waals surface area contributed by atoms with Gasteiger partial charge in [0.15, 0.2) is 0 Å². The fraction of sp³-hybridized carbons (Fsp3) is 0.357. The minimum Gasteiger partial charge on any atom is -0.325 e. The van der Waals surface area contributed by atoms with Crippen molar-refractivity contribution in [1.29, 1.82) is 0 Å². The second kappa shape index (κ2) is 6.73. The second-order valence-electron chi connectivity index (χ2n) is 4.87. The number of hydrogen-bond donors (Lipinski definition) is 1. The van der Waals surface area contributed by atoms with E-state index in [1.807, 2.05) is 25.8 Å². The summed E-state index contributed by atoms with van der Waals surface area (Å²) in [6.07, 6.45) is 0. The molecule has 1 atom stereocenters. The average molecular weight is 308 g/mol. The van der Waals surface area contributed by atoms with Gasteiger partial charge in [0.1, 0.15) is 5.82 Å². The number of aryl methyl sites for hydroxylation is 1. The van der Waals surface area contributed by atoms with E-state index in [9.17, 15) is 9.18 Å². The van der Waals surface area contributed by atoms with Gasteiger partial charge in [0.25, 0.3) is 0 Å². The molecule has 0 bridgehead atoms. The molecule has 1 aromatic carbocycles. The summed E-state index contributed by atoms with van der Waals surface area (Å²) in [6, 6.07) is 5.39. The molecule has 0 saturated heterocycles. The van der Waals surface area contributed by atoms with Gasteiger partial charge in [-0.2, -0.15) is 0 Å². The number of amides is 1. The third-order valence-corrected chi connectivity index (χ3v) is 4.10. The lowest BCUT2D eigenvalue weighted by molar-refractivity contribution is -0.120. The first-order valence-corrected chi connectivity index (χ1v) is 7.29. The maximum absolute atomic E-state index is 12.8. The quantitative estimate of drug-likeness (QED) is 0.922. The highest BCUT2D eigenvalue weighted by molar-refractivity contribution is 7.05. The van der Waals surface area contributed by atoms with E-state index in [2.05, 4.69) is 14.9 Å². The maximum atomic E-state index is 12.8. The van der Waals surface area contributed by atoms with Crippen LogP contribution in [0.15, 0.2) is 24.3 Å². The van der Waals surface area contributed by atoms with Crippen LogP contribution in [0.2, 0.25) is 0 Å². The summed E-state index contributed by atoms with van der Waals surface area (Å²) in [5.41, 5.74) is 1.47. The van der Waals surface area contributed by atoms with Crippen LogP contribution in [-0.4, -0.2) is 33.5 Å². The van der Waals surface area contributed by atoms with Crippen LogP contribution in [0.25, 0.3) is 0 Å². The smallest absolute Gasteiger partial charge is 0.241 e. The summed E-state index contributed by atoms with van der Waals surface area (Å²) in [7, 11) is 1.87. The highest BCUT2D eigenvalue weighted by Gasteiger charge is 2.19. The lowest BCUT2D eigenvalue weighted by Crippen LogP contribution is -2.39. The molecule has 0 saturated carbocycles. The molecule has 2 aromatic rings. The number of aromatic nitrogens is 2. The highest BCUT2D eigenvalue weighted by atomic mass is 32.1. The molecule has 0 radical (unpaired) electrons. The predicted octanol–water partition coefficient (Wildman–Crippen LogP) is 2.44. The van der Waals surface area contributed by atoms with Crippen LogP contribution in [0.1, 0.15) is 17.5 Å². The molecule has 5 nitrogen and oxygen atoms in total. The van der Waals surface area contributed by atoms with Crippen LogP contribution < -0.4 is 5.32 Å². The van der Waals surface area contributed by atoms with Gasteiger partial charge in [-0.05, 0) is 56.7 Å². The van der Waals surface area contributed by atoms with Crippen molar-refractivity contribution < 1.29 is 9.18 Å². The van der Waals surface area contributed by atoms with Gasteiger partial charge in [-0.25, -0.2) is 4.39 Å². The fourth-order valence-corrected chi connectivity index (χ4v) is 2.44. The monoisotopic (exact) mass is 308 g/mol. The topological polar surface area (TPSA) is 58.1 Å². The summed E-state index contributed by atoms with van der Waals surface area (Å²) in [6.45, 7) is 4.33. The van der Waals surface area contributed by atoms with E-state index in [0.29, 0.717) is 12.2 Å². The van der Waals surface area contributed by atoms with Gasteiger partial charge in [-0.3, -0.25) is 9.69 Å². The molecule has 0 aliphatic carbocycles. The Labute approximate surface area is 127 Å². The summed E-state index contributed by atoms with van der Waals surface area (Å²) >= 11 is 1.34. The van der Waals surface area contributed by atoms with Gasteiger partial charge in [-0.1, -0.05) is 4.49 Å². The Morgan fingerprint density at radius 3 is 2.67 bits per heavy atom. The van der Waals surface area contributed by atoms with Crippen molar-refractivity contribution in [2.45, 2.75) is 26.4 Å². The predicted molar refractivity (Wildman–Crippen MR) is 80.6 cm³/mol. The maximum Gasteiger partial charge on any atom is 0.241 e. The molecule has 2 rings (SSSR count). The summed E-state index contributed by atoms with van der Waals surface area (Å²) in [5.74, 6) is -0.467. The number of likely N-dealkylation sites (N-methyl/N-ethyl adjacent to an activating group) is 1. The van der Waals surface area contributed by atoms with Crippen molar-refractivity contribution in [2.75, 3.05) is 12.4 Å². The fourth-order valence-electron chi connectivity index (χ4n) is 1.74. The summed E-state index contributed by atoms with van der Waals surface area (Å²) in [4.78, 5) is 15.1. The summed E-state index contributed by atoms with van der Waals surface area (Å²) in [5, 5.41) is 6.72. The lowest BCUT2D eigenvalue weighted by Gasteiger charge is -2.23. The molecule has 112 valence electrons. The Morgan fingerprint density at radius 2 is 2.10 bits per heavy atom. The van der Waals surface area contributed by atoms with Crippen LogP contribution >= 0.6 is 11.5 Å². The Bertz CT molecular complexity index is 614. The first kappa shape index (κ1) is 15.5. The van der Waals surface area contributed by atoms with Gasteiger partial charge in [0, 0.05) is 12.2 Å². The average Bonchev–Trinajstić information content (AvgIpc) is 2.86. The summed E-state index contributed by atoms with van der Waals surface area (Å²) < 4.78 is 16.7. The number of anilines is 1. The molecule has 0 aliphatic heterocycles. The standard InChI is InChI=1S/C14H17FN4OS/c1-9-13(21-18-17-9)8-19(3)10(2)14(20)16-12-6-4-11(15)5-7-12/h4-7,10H,8H2,1-3H3,(H,16,20)/t10-/m1/s1. The van der Waals surface area contributed by atoms with Crippen molar-refractivity contribution in [1.82, 2.24) is 14.5 Å². The van der Waals surface area contributed by atoms with Crippen LogP contribution in [0, 0.1) is 12.7 Å². The molecule has 1 heterocycles. The number of nitrogens with zero attached hydrogens (tertiary/aromatic N) is 3. The van der Waals surface area contributed by atoms with Crippen molar-refractivity contribution in [3.63, 3.8) is 0 Å². The third kappa shape index (κ3) is 4.05. The Morgan fingerprint density at radius 1 is 1.43 bits per heavy atom. The minimum absolute atomic E-state index is 0.140. The SMILES string of the molecule is Cc1nnsc1CN(C)[C@H](C)C(=O)Nc1ccc(F)cc1. The zero-order valence-corrected chi connectivity index (χ0v) is 12.9. The number of carbonyl (C=O) groups is 1. The molecule has 0 unspecified atom stereocenters. The van der Waals surface area contributed by atoms with Crippen LogP contribution in [0.5, 0.6) is 0 Å². The van der Waals surface area contributed by atoms with Gasteiger partial charge in [0.2, 0.25) is 5.91 Å². The molecule has 7 heteroatoms. The van der Waals surface area contributed by atoms with E-state index in [-0.39, 0.29) is 17.8 Å². The Kier molecular flexibility index (Phi) is 4.98. The zero-order chi connectivity index (χ0) is 15.4. The number of carbonyl (C=O) groups excluding carboxylic acids is 1. The first-order chi connectivity index (χ1) is 9.97. The van der Waals surface area contributed by atoms with E-state index in [1.54, 1.807) is 0 Å². The van der Waals surface area contributed by atoms with Gasteiger partial charge in [0.05, 0.1) is 16.6 Å². The van der Waals surface area contributed by atoms with Crippen LogP contribution in [0.3, 0.4) is 0 Å². The van der Waals surface area contributed by atoms with Crippen molar-refractivity contribution in [3.05, 3.63) is 40.7 Å². The van der Waals surface area contributed by atoms with E-state index < -0.39 is 0 Å². The Balaban J connectivity index is 1.95. The number of rotatable bonds is 5.